The maximum atomic E-state index is 13.1. The number of carbonyl (C=O) groups excluding carboxylic acids is 1. The summed E-state index contributed by atoms with van der Waals surface area (Å²) >= 11 is 0. The molecule has 2 amide bonds. The van der Waals surface area contributed by atoms with Gasteiger partial charge in [0.2, 0.25) is 5.88 Å². The molecule has 0 unspecified atom stereocenters. The van der Waals surface area contributed by atoms with Gasteiger partial charge in [-0.25, -0.2) is 9.78 Å². The first-order valence-corrected chi connectivity index (χ1v) is 21.0. The minimum Gasteiger partial charge on any atom is -0.497 e. The zero-order chi connectivity index (χ0) is 44.7. The van der Waals surface area contributed by atoms with Gasteiger partial charge in [-0.2, -0.15) is 10.1 Å². The number of nitrogens with zero attached hydrogens (tertiary/aromatic N) is 4. The molecule has 5 aromatic rings. The second-order valence-electron chi connectivity index (χ2n) is 15.1. The van der Waals surface area contributed by atoms with Crippen LogP contribution in [-0.2, 0) is 52.0 Å². The van der Waals surface area contributed by atoms with E-state index < -0.39 is 0 Å². The predicted molar refractivity (Wildman–Crippen MR) is 239 cm³/mol. The molecule has 2 heterocycles. The van der Waals surface area contributed by atoms with Gasteiger partial charge in [0.15, 0.2) is 0 Å². The summed E-state index contributed by atoms with van der Waals surface area (Å²) in [7, 11) is 5.05. The number of methoxy groups -OCH3 is 2. The predicted octanol–water partition coefficient (Wildman–Crippen LogP) is 6.82. The number of ether oxygens (including phenoxy) is 10. The van der Waals surface area contributed by atoms with Gasteiger partial charge in [-0.05, 0) is 29.8 Å². The van der Waals surface area contributed by atoms with Crippen molar-refractivity contribution >= 4 is 28.3 Å². The van der Waals surface area contributed by atoms with E-state index >= 15 is 0 Å². The molecule has 0 saturated heterocycles. The van der Waals surface area contributed by atoms with Gasteiger partial charge < -0.3 is 52.7 Å². The van der Waals surface area contributed by atoms with Crippen LogP contribution in [0, 0.1) is 0 Å². The third kappa shape index (κ3) is 17.0. The summed E-state index contributed by atoms with van der Waals surface area (Å²) in [6.45, 7) is 13.0. The lowest BCUT2D eigenvalue weighted by Crippen LogP contribution is -2.21. The average molecular weight is 875 g/mol. The number of hydrogen-bond acceptors (Lipinski definition) is 14. The number of aryl methyl sites for hydroxylation is 1. The van der Waals surface area contributed by atoms with E-state index in [4.69, 9.17) is 52.4 Å². The smallest absolute Gasteiger partial charge is 0.324 e. The van der Waals surface area contributed by atoms with E-state index in [1.165, 1.54) is 0 Å². The van der Waals surface area contributed by atoms with E-state index in [-0.39, 0.29) is 11.4 Å². The molecule has 0 spiro atoms. The summed E-state index contributed by atoms with van der Waals surface area (Å²) in [5.41, 5.74) is 2.25. The number of aromatic nitrogens is 4. The molecule has 342 valence electrons. The van der Waals surface area contributed by atoms with Gasteiger partial charge in [0, 0.05) is 61.2 Å². The van der Waals surface area contributed by atoms with Crippen LogP contribution < -0.4 is 24.8 Å². The Morgan fingerprint density at radius 2 is 1.25 bits per heavy atom. The molecule has 17 nitrogen and oxygen atoms in total. The standard InChI is InChI=1S/C46H62N6O11/c1-46(2,3)41-33-43(52(4)51-41)50-45(53)48-39-11-12-40(38-10-8-7-9-37(38)39)63-44-13-14-47-42(49-44)31-34-29-35(55-6)32-36(30-34)62-28-27-61-26-25-60-24-23-59-22-21-58-20-19-57-18-17-56-16-15-54-5/h7-14,29-30,32-33H,15-28,31H2,1-6H3,(H2,48,50,53). The lowest BCUT2D eigenvalue weighted by atomic mass is 9.92. The third-order valence-electron chi connectivity index (χ3n) is 9.24. The third-order valence-corrected chi connectivity index (χ3v) is 9.24. The molecule has 2 aromatic heterocycles. The number of amides is 2. The number of benzene rings is 3. The Labute approximate surface area is 369 Å². The summed E-state index contributed by atoms with van der Waals surface area (Å²) < 4.78 is 57.5. The summed E-state index contributed by atoms with van der Waals surface area (Å²) in [4.78, 5) is 22.3. The zero-order valence-electron chi connectivity index (χ0n) is 37.3. The summed E-state index contributed by atoms with van der Waals surface area (Å²) in [5, 5.41) is 12.0. The maximum absolute atomic E-state index is 13.1. The number of nitrogens with one attached hydrogen (secondary N) is 2. The van der Waals surface area contributed by atoms with Crippen molar-refractivity contribution in [2.45, 2.75) is 32.6 Å². The number of rotatable bonds is 29. The molecule has 0 saturated carbocycles. The first kappa shape index (κ1) is 48.6. The fourth-order valence-corrected chi connectivity index (χ4v) is 6.00. The molecule has 0 atom stereocenters. The Bertz CT molecular complexity index is 2130. The largest absolute Gasteiger partial charge is 0.497 e. The van der Waals surface area contributed by atoms with Gasteiger partial charge in [-0.15, -0.1) is 0 Å². The van der Waals surface area contributed by atoms with Crippen LogP contribution in [0.4, 0.5) is 16.3 Å². The highest BCUT2D eigenvalue weighted by Gasteiger charge is 2.20. The monoisotopic (exact) mass is 874 g/mol. The Kier molecular flexibility index (Phi) is 20.3. The van der Waals surface area contributed by atoms with Crippen molar-refractivity contribution in [3.63, 3.8) is 0 Å². The molecule has 63 heavy (non-hydrogen) atoms. The van der Waals surface area contributed by atoms with E-state index in [9.17, 15) is 4.79 Å². The van der Waals surface area contributed by atoms with E-state index in [2.05, 4.69) is 41.5 Å². The Balaban J connectivity index is 1.01. The van der Waals surface area contributed by atoms with Gasteiger partial charge in [-0.3, -0.25) is 10.00 Å². The van der Waals surface area contributed by atoms with Gasteiger partial charge >= 0.3 is 6.03 Å². The molecule has 0 aliphatic rings. The number of urea groups is 1. The fourth-order valence-electron chi connectivity index (χ4n) is 6.00. The molecule has 0 radical (unpaired) electrons. The topological polar surface area (TPSA) is 177 Å². The maximum Gasteiger partial charge on any atom is 0.324 e. The highest BCUT2D eigenvalue weighted by atomic mass is 16.6. The SMILES string of the molecule is COCCOCCOCCOCCOCCOCCOCCOc1cc(Cc2nccc(Oc3ccc(NC(=O)Nc4cc(C(C)(C)C)nn4C)c4ccccc34)n2)cc(OC)c1. The van der Waals surface area contributed by atoms with Crippen LogP contribution in [0.25, 0.3) is 10.8 Å². The summed E-state index contributed by atoms with van der Waals surface area (Å²) in [6, 6.07) is 20.2. The first-order valence-electron chi connectivity index (χ1n) is 21.0. The van der Waals surface area contributed by atoms with Crippen molar-refractivity contribution in [1.29, 1.82) is 0 Å². The van der Waals surface area contributed by atoms with Crippen LogP contribution in [-0.4, -0.2) is 132 Å². The highest BCUT2D eigenvalue weighted by molar-refractivity contribution is 6.07. The van der Waals surface area contributed by atoms with Crippen molar-refractivity contribution < 1.29 is 52.2 Å². The van der Waals surface area contributed by atoms with Crippen LogP contribution in [0.1, 0.15) is 37.9 Å². The van der Waals surface area contributed by atoms with Crippen LogP contribution in [0.15, 0.2) is 72.9 Å². The Hall–Kier alpha value is -5.40. The van der Waals surface area contributed by atoms with E-state index in [1.54, 1.807) is 44.3 Å². The zero-order valence-corrected chi connectivity index (χ0v) is 37.3. The number of anilines is 2. The Morgan fingerprint density at radius 3 is 1.84 bits per heavy atom. The normalized spacial score (nSPS) is 11.5. The quantitative estimate of drug-likeness (QED) is 0.0479. The second-order valence-corrected chi connectivity index (χ2v) is 15.1. The molecule has 5 rings (SSSR count). The van der Waals surface area contributed by atoms with E-state index in [1.807, 2.05) is 54.6 Å². The van der Waals surface area contributed by atoms with Crippen molar-refractivity contribution in [3.05, 3.63) is 90.0 Å². The fraction of sp³-hybridized carbons (Fsp3) is 0.478. The number of hydrogen-bond donors (Lipinski definition) is 2. The second kappa shape index (κ2) is 26.3. The van der Waals surface area contributed by atoms with Crippen LogP contribution in [0.2, 0.25) is 0 Å². The van der Waals surface area contributed by atoms with Crippen LogP contribution in [0.5, 0.6) is 23.1 Å². The Morgan fingerprint density at radius 1 is 0.667 bits per heavy atom. The van der Waals surface area contributed by atoms with Crippen molar-refractivity contribution in [3.8, 4) is 23.1 Å². The molecule has 2 N–H and O–H groups in total. The molecule has 0 aliphatic heterocycles. The van der Waals surface area contributed by atoms with Gasteiger partial charge in [-0.1, -0.05) is 45.0 Å². The lowest BCUT2D eigenvalue weighted by molar-refractivity contribution is -0.0199. The minimum atomic E-state index is -0.384. The van der Waals surface area contributed by atoms with Crippen molar-refractivity contribution in [1.82, 2.24) is 19.7 Å². The highest BCUT2D eigenvalue weighted by Crippen LogP contribution is 2.34. The van der Waals surface area contributed by atoms with Gasteiger partial charge in [0.25, 0.3) is 0 Å². The molecule has 0 aliphatic carbocycles. The van der Waals surface area contributed by atoms with Crippen molar-refractivity contribution in [2.75, 3.05) is 117 Å². The lowest BCUT2D eigenvalue weighted by Gasteiger charge is -2.14. The van der Waals surface area contributed by atoms with Crippen LogP contribution in [0.3, 0.4) is 0 Å². The molecule has 0 bridgehead atoms. The number of fused-ring (bicyclic) bond motifs is 1. The van der Waals surface area contributed by atoms with E-state index in [0.29, 0.717) is 139 Å². The number of carbonyl (C=O) groups is 1. The van der Waals surface area contributed by atoms with E-state index in [0.717, 1.165) is 22.0 Å². The molecule has 0 fully saturated rings. The molecule has 3 aromatic carbocycles. The minimum absolute atomic E-state index is 0.152. The van der Waals surface area contributed by atoms with Gasteiger partial charge in [0.05, 0.1) is 104 Å². The molecule has 17 heteroatoms. The molecular weight excluding hydrogens is 813 g/mol. The average Bonchev–Trinajstić information content (AvgIpc) is 3.65. The summed E-state index contributed by atoms with van der Waals surface area (Å²) in [5.74, 6) is 3.38. The van der Waals surface area contributed by atoms with Gasteiger partial charge in [0.1, 0.15) is 35.5 Å². The first-order chi connectivity index (χ1) is 30.6. The van der Waals surface area contributed by atoms with Crippen molar-refractivity contribution in [2.24, 2.45) is 7.05 Å². The molecular formula is C46H62N6O11. The summed E-state index contributed by atoms with van der Waals surface area (Å²) in [6.07, 6.45) is 2.07. The van der Waals surface area contributed by atoms with Crippen LogP contribution >= 0.6 is 0 Å².